The third-order valence-electron chi connectivity index (χ3n) is 6.27. The molecule has 0 aromatic heterocycles. The fourth-order valence-electron chi connectivity index (χ4n) is 4.41. The largest absolute Gasteiger partial charge is 0.501 e. The first-order chi connectivity index (χ1) is 15.7. The van der Waals surface area contributed by atoms with Crippen LogP contribution in [0.4, 0.5) is 0 Å². The number of nitrogens with zero attached hydrogens (tertiary/aromatic N) is 2. The highest BCUT2D eigenvalue weighted by molar-refractivity contribution is 7.80. The van der Waals surface area contributed by atoms with Crippen LogP contribution in [0.1, 0.15) is 12.8 Å². The van der Waals surface area contributed by atoms with Crippen LogP contribution in [0.2, 0.25) is 12.1 Å². The molecule has 6 saturated heterocycles. The molecule has 6 fully saturated rings. The molecule has 0 aliphatic carbocycles. The molecule has 10 nitrogen and oxygen atoms in total. The maximum atomic E-state index is 6.08. The third-order valence-corrected chi connectivity index (χ3v) is 12.4. The standard InChI is InChI=1S/C19H38N4O6SSi2/c30-19(20-3-1-17-31-24-11-5-22(6-12-25-31)7-13-26-31)21-4-2-18-32-27-14-8-23(9-15-28-32)10-16-29-32/h1-18H2,(H2,20,21,30). The highest BCUT2D eigenvalue weighted by Gasteiger charge is 2.44. The third kappa shape index (κ3) is 7.40. The van der Waals surface area contributed by atoms with Crippen molar-refractivity contribution < 1.29 is 26.6 Å². The van der Waals surface area contributed by atoms with Gasteiger partial charge in [-0.25, -0.2) is 0 Å². The van der Waals surface area contributed by atoms with Crippen LogP contribution in [0.15, 0.2) is 0 Å². The van der Waals surface area contributed by atoms with Crippen LogP contribution >= 0.6 is 12.2 Å². The summed E-state index contributed by atoms with van der Waals surface area (Å²) in [5.74, 6) is 0. The van der Waals surface area contributed by atoms with Gasteiger partial charge in [-0.3, -0.25) is 9.80 Å². The van der Waals surface area contributed by atoms with Crippen molar-refractivity contribution in [3.63, 3.8) is 0 Å². The summed E-state index contributed by atoms with van der Waals surface area (Å²) in [6.07, 6.45) is 1.81. The second-order valence-corrected chi connectivity index (χ2v) is 14.4. The minimum atomic E-state index is -2.54. The van der Waals surface area contributed by atoms with E-state index in [1.807, 2.05) is 0 Å². The molecule has 0 amide bonds. The van der Waals surface area contributed by atoms with Crippen molar-refractivity contribution in [2.24, 2.45) is 0 Å². The molecule has 6 rings (SSSR count). The average molecular weight is 507 g/mol. The fraction of sp³-hybridized carbons (Fsp3) is 0.947. The first-order valence-corrected chi connectivity index (χ1v) is 16.2. The van der Waals surface area contributed by atoms with Gasteiger partial charge in [0, 0.05) is 64.4 Å². The summed E-state index contributed by atoms with van der Waals surface area (Å²) >= 11 is 5.45. The quantitative estimate of drug-likeness (QED) is 0.262. The Kier molecular flexibility index (Phi) is 9.72. The molecule has 32 heavy (non-hydrogen) atoms. The van der Waals surface area contributed by atoms with Crippen LogP contribution in [-0.4, -0.2) is 125 Å². The molecule has 0 radical (unpaired) electrons. The first-order valence-electron chi connectivity index (χ1n) is 12.0. The van der Waals surface area contributed by atoms with Gasteiger partial charge in [0.25, 0.3) is 0 Å². The van der Waals surface area contributed by atoms with Crippen molar-refractivity contribution in [2.75, 3.05) is 92.0 Å². The Hall–Kier alpha value is -0.196. The number of hydrogen-bond donors (Lipinski definition) is 2. The molecule has 0 saturated carbocycles. The molecule has 6 heterocycles. The molecular formula is C19H38N4O6SSi2. The summed E-state index contributed by atoms with van der Waals surface area (Å²) < 4.78 is 36.5. The number of nitrogens with one attached hydrogen (secondary N) is 2. The molecule has 13 heteroatoms. The summed E-state index contributed by atoms with van der Waals surface area (Å²) in [4.78, 5) is 4.66. The van der Waals surface area contributed by atoms with Gasteiger partial charge in [-0.1, -0.05) is 0 Å². The summed E-state index contributed by atoms with van der Waals surface area (Å²) in [6.45, 7) is 11.5. The second kappa shape index (κ2) is 12.5. The van der Waals surface area contributed by atoms with Gasteiger partial charge in [-0.2, -0.15) is 0 Å². The molecule has 0 aromatic rings. The summed E-state index contributed by atoms with van der Waals surface area (Å²) in [6, 6.07) is 1.64. The summed E-state index contributed by atoms with van der Waals surface area (Å²) in [5.41, 5.74) is 0. The van der Waals surface area contributed by atoms with Crippen molar-refractivity contribution in [1.29, 1.82) is 0 Å². The van der Waals surface area contributed by atoms with Crippen LogP contribution in [0, 0.1) is 0 Å². The Morgan fingerprint density at radius 3 is 1.22 bits per heavy atom. The van der Waals surface area contributed by atoms with Gasteiger partial charge < -0.3 is 37.2 Å². The lowest BCUT2D eigenvalue weighted by Gasteiger charge is -2.38. The van der Waals surface area contributed by atoms with E-state index in [0.717, 1.165) is 77.3 Å². The number of thiocarbonyl (C=S) groups is 1. The predicted molar refractivity (Wildman–Crippen MR) is 128 cm³/mol. The lowest BCUT2D eigenvalue weighted by molar-refractivity contribution is -0.00892. The molecule has 0 aromatic carbocycles. The van der Waals surface area contributed by atoms with Crippen molar-refractivity contribution in [3.8, 4) is 0 Å². The fourth-order valence-corrected chi connectivity index (χ4v) is 9.61. The van der Waals surface area contributed by atoms with Crippen LogP contribution in [0.25, 0.3) is 0 Å². The van der Waals surface area contributed by atoms with E-state index in [9.17, 15) is 0 Å². The van der Waals surface area contributed by atoms with Gasteiger partial charge in [-0.05, 0) is 25.1 Å². The number of hydrogen-bond acceptors (Lipinski definition) is 9. The highest BCUT2D eigenvalue weighted by atomic mass is 32.1. The Labute approximate surface area is 198 Å². The van der Waals surface area contributed by atoms with E-state index >= 15 is 0 Å². The minimum Gasteiger partial charge on any atom is -0.372 e. The van der Waals surface area contributed by atoms with Gasteiger partial charge in [0.2, 0.25) is 0 Å². The molecule has 2 N–H and O–H groups in total. The van der Waals surface area contributed by atoms with Crippen LogP contribution < -0.4 is 10.6 Å². The molecule has 184 valence electrons. The minimum absolute atomic E-state index is 0.672. The van der Waals surface area contributed by atoms with Crippen molar-refractivity contribution in [2.45, 2.75) is 24.9 Å². The number of rotatable bonds is 8. The predicted octanol–water partition coefficient (Wildman–Crippen LogP) is -0.133. The smallest absolute Gasteiger partial charge is 0.372 e. The van der Waals surface area contributed by atoms with Gasteiger partial charge in [-0.15, -0.1) is 0 Å². The van der Waals surface area contributed by atoms with Gasteiger partial charge in [0.05, 0.1) is 39.6 Å². The Bertz CT molecular complexity index is 509. The average Bonchev–Trinajstić information content (AvgIpc) is 2.69. The van der Waals surface area contributed by atoms with Crippen LogP contribution in [-0.2, 0) is 26.6 Å². The van der Waals surface area contributed by atoms with E-state index in [1.54, 1.807) is 0 Å². The van der Waals surface area contributed by atoms with Crippen molar-refractivity contribution >= 4 is 34.9 Å². The highest BCUT2D eigenvalue weighted by Crippen LogP contribution is 2.22. The maximum Gasteiger partial charge on any atom is 0.501 e. The maximum absolute atomic E-state index is 6.08. The summed E-state index contributed by atoms with van der Waals surface area (Å²) in [7, 11) is -5.08. The molecule has 0 spiro atoms. The Balaban J connectivity index is 1.10. The molecule has 4 bridgehead atoms. The van der Waals surface area contributed by atoms with E-state index in [0.29, 0.717) is 44.8 Å². The van der Waals surface area contributed by atoms with Gasteiger partial charge in [0.15, 0.2) is 5.11 Å². The zero-order valence-electron chi connectivity index (χ0n) is 19.0. The topological polar surface area (TPSA) is 85.9 Å². The molecule has 6 aliphatic rings. The Morgan fingerprint density at radius 2 is 0.906 bits per heavy atom. The lowest BCUT2D eigenvalue weighted by Crippen LogP contribution is -2.55. The van der Waals surface area contributed by atoms with Crippen LogP contribution in [0.3, 0.4) is 0 Å². The van der Waals surface area contributed by atoms with E-state index < -0.39 is 17.6 Å². The van der Waals surface area contributed by atoms with E-state index in [2.05, 4.69) is 20.4 Å². The van der Waals surface area contributed by atoms with Gasteiger partial charge in [0.1, 0.15) is 0 Å². The van der Waals surface area contributed by atoms with Crippen molar-refractivity contribution in [3.05, 3.63) is 0 Å². The lowest BCUT2D eigenvalue weighted by atomic mass is 10.4. The van der Waals surface area contributed by atoms with E-state index in [4.69, 9.17) is 38.8 Å². The van der Waals surface area contributed by atoms with Gasteiger partial charge >= 0.3 is 17.6 Å². The Morgan fingerprint density at radius 1 is 0.594 bits per heavy atom. The molecule has 0 unspecified atom stereocenters. The molecule has 0 atom stereocenters. The van der Waals surface area contributed by atoms with Crippen LogP contribution in [0.5, 0.6) is 0 Å². The SMILES string of the molecule is S=C(NCCC[Si]12OCCN(CCO1)CCO2)NCCC[Si]12OCCN(CCO1)CCO2. The molecular weight excluding hydrogens is 468 g/mol. The monoisotopic (exact) mass is 506 g/mol. The van der Waals surface area contributed by atoms with E-state index in [-0.39, 0.29) is 0 Å². The molecule has 6 aliphatic heterocycles. The second-order valence-electron chi connectivity index (χ2n) is 8.53. The zero-order valence-corrected chi connectivity index (χ0v) is 21.8. The zero-order chi connectivity index (χ0) is 22.1. The van der Waals surface area contributed by atoms with E-state index in [1.165, 1.54) is 0 Å². The normalized spacial score (nSPS) is 35.6. The number of fused-ring (bicyclic) bond motifs is 12. The van der Waals surface area contributed by atoms with Crippen molar-refractivity contribution in [1.82, 2.24) is 20.4 Å². The first kappa shape index (κ1) is 24.9. The summed E-state index contributed by atoms with van der Waals surface area (Å²) in [5, 5.41) is 7.27.